The van der Waals surface area contributed by atoms with Crippen LogP contribution in [0.4, 0.5) is 0 Å². The SMILES string of the molecule is C[C@@H](N)C(=O)NC(c1ccccc1)C(C)(C)C. The molecule has 3 N–H and O–H groups in total. The van der Waals surface area contributed by atoms with Crippen molar-refractivity contribution in [1.82, 2.24) is 5.32 Å². The lowest BCUT2D eigenvalue weighted by Gasteiger charge is -2.32. The summed E-state index contributed by atoms with van der Waals surface area (Å²) in [4.78, 5) is 11.7. The number of nitrogens with two attached hydrogens (primary N) is 1. The van der Waals surface area contributed by atoms with E-state index < -0.39 is 6.04 Å². The molecule has 3 nitrogen and oxygen atoms in total. The fourth-order valence-electron chi connectivity index (χ4n) is 1.72. The van der Waals surface area contributed by atoms with Gasteiger partial charge in [-0.15, -0.1) is 0 Å². The van der Waals surface area contributed by atoms with Gasteiger partial charge in [-0.05, 0) is 17.9 Å². The number of carbonyl (C=O) groups is 1. The molecule has 94 valence electrons. The maximum absolute atomic E-state index is 11.7. The topological polar surface area (TPSA) is 55.1 Å². The Balaban J connectivity index is 2.95. The van der Waals surface area contributed by atoms with Gasteiger partial charge in [-0.1, -0.05) is 51.1 Å². The molecule has 0 heterocycles. The summed E-state index contributed by atoms with van der Waals surface area (Å²) in [6.45, 7) is 8.00. The van der Waals surface area contributed by atoms with Gasteiger partial charge in [0.05, 0.1) is 12.1 Å². The molecule has 0 spiro atoms. The predicted octanol–water partition coefficient (Wildman–Crippen LogP) is 2.24. The molecule has 2 atom stereocenters. The highest BCUT2D eigenvalue weighted by Gasteiger charge is 2.28. The Kier molecular flexibility index (Phi) is 4.29. The van der Waals surface area contributed by atoms with E-state index in [1.54, 1.807) is 6.92 Å². The highest BCUT2D eigenvalue weighted by Crippen LogP contribution is 2.32. The maximum Gasteiger partial charge on any atom is 0.237 e. The van der Waals surface area contributed by atoms with Crippen LogP contribution in [0.25, 0.3) is 0 Å². The summed E-state index contributed by atoms with van der Waals surface area (Å²) in [7, 11) is 0. The molecule has 0 radical (unpaired) electrons. The quantitative estimate of drug-likeness (QED) is 0.842. The molecular formula is C14H22N2O. The minimum atomic E-state index is -0.483. The van der Waals surface area contributed by atoms with Crippen molar-refractivity contribution < 1.29 is 4.79 Å². The zero-order valence-electron chi connectivity index (χ0n) is 11.0. The number of hydrogen-bond donors (Lipinski definition) is 2. The van der Waals surface area contributed by atoms with Crippen molar-refractivity contribution in [2.24, 2.45) is 11.1 Å². The van der Waals surface area contributed by atoms with E-state index in [0.717, 1.165) is 5.56 Å². The summed E-state index contributed by atoms with van der Waals surface area (Å²) in [5.74, 6) is -0.117. The number of carbonyl (C=O) groups excluding carboxylic acids is 1. The van der Waals surface area contributed by atoms with Crippen molar-refractivity contribution in [3.63, 3.8) is 0 Å². The van der Waals surface area contributed by atoms with Gasteiger partial charge in [0.25, 0.3) is 0 Å². The number of benzene rings is 1. The summed E-state index contributed by atoms with van der Waals surface area (Å²) < 4.78 is 0. The van der Waals surface area contributed by atoms with Gasteiger partial charge >= 0.3 is 0 Å². The van der Waals surface area contributed by atoms with E-state index in [0.29, 0.717) is 0 Å². The van der Waals surface area contributed by atoms with Gasteiger partial charge < -0.3 is 11.1 Å². The lowest BCUT2D eigenvalue weighted by atomic mass is 9.82. The van der Waals surface area contributed by atoms with Gasteiger partial charge in [0, 0.05) is 0 Å². The molecule has 0 aromatic heterocycles. The highest BCUT2D eigenvalue weighted by atomic mass is 16.2. The molecule has 3 heteroatoms. The van der Waals surface area contributed by atoms with Gasteiger partial charge in [-0.2, -0.15) is 0 Å². The van der Waals surface area contributed by atoms with E-state index in [4.69, 9.17) is 5.73 Å². The van der Waals surface area contributed by atoms with Gasteiger partial charge in [0.15, 0.2) is 0 Å². The van der Waals surface area contributed by atoms with Crippen LogP contribution in [0.5, 0.6) is 0 Å². The smallest absolute Gasteiger partial charge is 0.237 e. The molecule has 0 saturated heterocycles. The van der Waals surface area contributed by atoms with Crippen LogP contribution in [0.2, 0.25) is 0 Å². The van der Waals surface area contributed by atoms with E-state index in [1.165, 1.54) is 0 Å². The first-order chi connectivity index (χ1) is 7.82. The fraction of sp³-hybridized carbons (Fsp3) is 0.500. The van der Waals surface area contributed by atoms with Crippen molar-refractivity contribution in [1.29, 1.82) is 0 Å². The summed E-state index contributed by atoms with van der Waals surface area (Å²) in [6.07, 6.45) is 0. The van der Waals surface area contributed by atoms with Crippen molar-refractivity contribution in [3.8, 4) is 0 Å². The normalized spacial score (nSPS) is 15.1. The average Bonchev–Trinajstić information content (AvgIpc) is 2.25. The molecule has 1 unspecified atom stereocenters. The van der Waals surface area contributed by atoms with E-state index in [9.17, 15) is 4.79 Å². The second-order valence-electron chi connectivity index (χ2n) is 5.51. The van der Waals surface area contributed by atoms with E-state index in [2.05, 4.69) is 26.1 Å². The molecule has 1 aromatic rings. The zero-order valence-corrected chi connectivity index (χ0v) is 11.0. The minimum Gasteiger partial charge on any atom is -0.347 e. The Hall–Kier alpha value is -1.35. The Morgan fingerprint density at radius 3 is 2.18 bits per heavy atom. The van der Waals surface area contributed by atoms with Crippen molar-refractivity contribution in [3.05, 3.63) is 35.9 Å². The van der Waals surface area contributed by atoms with Crippen molar-refractivity contribution >= 4 is 5.91 Å². The van der Waals surface area contributed by atoms with Crippen LogP contribution in [-0.2, 0) is 4.79 Å². The highest BCUT2D eigenvalue weighted by molar-refractivity contribution is 5.81. The molecule has 0 aliphatic heterocycles. The number of nitrogens with one attached hydrogen (secondary N) is 1. The predicted molar refractivity (Wildman–Crippen MR) is 70.4 cm³/mol. The largest absolute Gasteiger partial charge is 0.347 e. The van der Waals surface area contributed by atoms with Crippen LogP contribution in [0.1, 0.15) is 39.3 Å². The Morgan fingerprint density at radius 2 is 1.76 bits per heavy atom. The molecule has 17 heavy (non-hydrogen) atoms. The lowest BCUT2D eigenvalue weighted by Crippen LogP contribution is -2.44. The van der Waals surface area contributed by atoms with E-state index in [-0.39, 0.29) is 17.4 Å². The van der Waals surface area contributed by atoms with Crippen LogP contribution >= 0.6 is 0 Å². The monoisotopic (exact) mass is 234 g/mol. The third-order valence-electron chi connectivity index (χ3n) is 2.70. The molecule has 0 bridgehead atoms. The van der Waals surface area contributed by atoms with E-state index >= 15 is 0 Å². The summed E-state index contributed by atoms with van der Waals surface area (Å²) in [5.41, 5.74) is 6.65. The van der Waals surface area contributed by atoms with Gasteiger partial charge in [-0.25, -0.2) is 0 Å². The van der Waals surface area contributed by atoms with Crippen molar-refractivity contribution in [2.75, 3.05) is 0 Å². The van der Waals surface area contributed by atoms with E-state index in [1.807, 2.05) is 30.3 Å². The molecule has 1 rings (SSSR count). The van der Waals surface area contributed by atoms with Crippen LogP contribution in [0.15, 0.2) is 30.3 Å². The first kappa shape index (κ1) is 13.7. The third-order valence-corrected chi connectivity index (χ3v) is 2.70. The van der Waals surface area contributed by atoms with Crippen LogP contribution < -0.4 is 11.1 Å². The molecule has 0 aliphatic carbocycles. The molecule has 0 saturated carbocycles. The fourth-order valence-corrected chi connectivity index (χ4v) is 1.72. The first-order valence-electron chi connectivity index (χ1n) is 5.93. The molecule has 0 fully saturated rings. The second-order valence-corrected chi connectivity index (χ2v) is 5.51. The lowest BCUT2D eigenvalue weighted by molar-refractivity contribution is -0.123. The second kappa shape index (κ2) is 5.32. The Morgan fingerprint density at radius 1 is 1.24 bits per heavy atom. The molecule has 1 aromatic carbocycles. The van der Waals surface area contributed by atoms with Crippen LogP contribution in [0, 0.1) is 5.41 Å². The number of hydrogen-bond acceptors (Lipinski definition) is 2. The molecule has 0 aliphatic rings. The first-order valence-corrected chi connectivity index (χ1v) is 5.93. The third kappa shape index (κ3) is 3.86. The van der Waals surface area contributed by atoms with Gasteiger partial charge in [0.2, 0.25) is 5.91 Å². The Bertz CT molecular complexity index is 366. The Labute approximate surface area is 103 Å². The van der Waals surface area contributed by atoms with Gasteiger partial charge in [-0.3, -0.25) is 4.79 Å². The number of amides is 1. The minimum absolute atomic E-state index is 0.0257. The summed E-state index contributed by atoms with van der Waals surface area (Å²) >= 11 is 0. The van der Waals surface area contributed by atoms with Crippen LogP contribution in [-0.4, -0.2) is 11.9 Å². The standard InChI is InChI=1S/C14H22N2O/c1-10(15)13(17)16-12(14(2,3)4)11-8-6-5-7-9-11/h5-10,12H,15H2,1-4H3,(H,16,17)/t10-,12?/m1/s1. The average molecular weight is 234 g/mol. The maximum atomic E-state index is 11.7. The molecule has 1 amide bonds. The summed E-state index contributed by atoms with van der Waals surface area (Å²) in [5, 5.41) is 3.01. The number of rotatable bonds is 3. The summed E-state index contributed by atoms with van der Waals surface area (Å²) in [6, 6.07) is 9.47. The zero-order chi connectivity index (χ0) is 13.1. The van der Waals surface area contributed by atoms with Gasteiger partial charge in [0.1, 0.15) is 0 Å². The van der Waals surface area contributed by atoms with Crippen molar-refractivity contribution in [2.45, 2.75) is 39.8 Å². The van der Waals surface area contributed by atoms with Crippen LogP contribution in [0.3, 0.4) is 0 Å². The molecular weight excluding hydrogens is 212 g/mol.